The normalized spacial score (nSPS) is 13.8. The predicted molar refractivity (Wildman–Crippen MR) is 66.6 cm³/mol. The van der Waals surface area contributed by atoms with Crippen LogP contribution < -0.4 is 0 Å². The van der Waals surface area contributed by atoms with Gasteiger partial charge in [-0.2, -0.15) is 0 Å². The Hall–Kier alpha value is -0.610. The Balaban J connectivity index is 4.16. The van der Waals surface area contributed by atoms with Crippen LogP contribution in [0, 0.1) is 10.8 Å². The Morgan fingerprint density at radius 1 is 1.06 bits per heavy atom. The van der Waals surface area contributed by atoms with Crippen LogP contribution in [0.25, 0.3) is 0 Å². The second kappa shape index (κ2) is 5.36. The first-order valence-corrected chi connectivity index (χ1v) is 5.90. The molecular formula is C13H26O4. The number of rotatable bonds is 6. The molecule has 0 saturated carbocycles. The summed E-state index contributed by atoms with van der Waals surface area (Å²) in [6.45, 7) is 13.5. The van der Waals surface area contributed by atoms with Crippen molar-refractivity contribution in [1.82, 2.24) is 0 Å². The molecule has 0 aliphatic rings. The van der Waals surface area contributed by atoms with Crippen molar-refractivity contribution in [2.24, 2.45) is 10.8 Å². The van der Waals surface area contributed by atoms with Gasteiger partial charge in [-0.3, -0.25) is 4.79 Å². The molecule has 0 fully saturated rings. The third kappa shape index (κ3) is 7.34. The van der Waals surface area contributed by atoms with Crippen LogP contribution in [0.2, 0.25) is 0 Å². The summed E-state index contributed by atoms with van der Waals surface area (Å²) in [6, 6.07) is 0. The Morgan fingerprint density at radius 2 is 1.53 bits per heavy atom. The molecular weight excluding hydrogens is 220 g/mol. The molecule has 0 heterocycles. The molecule has 0 atom stereocenters. The SMILES string of the molecule is CC(C)(C)CC(C)(C)OOCC(C)(C)C(=O)O. The van der Waals surface area contributed by atoms with Crippen LogP contribution >= 0.6 is 0 Å². The molecule has 0 aromatic carbocycles. The Bertz CT molecular complexity index is 261. The monoisotopic (exact) mass is 246 g/mol. The van der Waals surface area contributed by atoms with E-state index < -0.39 is 17.0 Å². The molecule has 17 heavy (non-hydrogen) atoms. The van der Waals surface area contributed by atoms with Crippen molar-refractivity contribution >= 4 is 5.97 Å². The van der Waals surface area contributed by atoms with E-state index in [0.717, 1.165) is 6.42 Å². The van der Waals surface area contributed by atoms with E-state index in [2.05, 4.69) is 20.8 Å². The van der Waals surface area contributed by atoms with Crippen molar-refractivity contribution in [2.45, 2.75) is 60.5 Å². The largest absolute Gasteiger partial charge is 0.481 e. The quantitative estimate of drug-likeness (QED) is 0.577. The number of hydrogen-bond donors (Lipinski definition) is 1. The fourth-order valence-corrected chi connectivity index (χ4v) is 1.70. The molecule has 0 rings (SSSR count). The zero-order valence-electron chi connectivity index (χ0n) is 12.1. The topological polar surface area (TPSA) is 55.8 Å². The molecule has 0 aliphatic heterocycles. The molecule has 0 amide bonds. The molecule has 0 unspecified atom stereocenters. The molecule has 4 heteroatoms. The summed E-state index contributed by atoms with van der Waals surface area (Å²) in [6.07, 6.45) is 0.827. The standard InChI is InChI=1S/C13H26O4/c1-11(2,3)8-13(6,7)17-16-9-12(4,5)10(14)15/h8-9H2,1-7H3,(H,14,15). The van der Waals surface area contributed by atoms with Gasteiger partial charge in [0.25, 0.3) is 0 Å². The minimum atomic E-state index is -0.933. The summed E-state index contributed by atoms with van der Waals surface area (Å²) in [4.78, 5) is 21.3. The molecule has 4 nitrogen and oxygen atoms in total. The van der Waals surface area contributed by atoms with Crippen molar-refractivity contribution in [1.29, 1.82) is 0 Å². The molecule has 102 valence electrons. The maximum absolute atomic E-state index is 10.9. The summed E-state index contributed by atoms with van der Waals surface area (Å²) < 4.78 is 0. The summed E-state index contributed by atoms with van der Waals surface area (Å²) >= 11 is 0. The van der Waals surface area contributed by atoms with Crippen molar-refractivity contribution in [2.75, 3.05) is 6.61 Å². The van der Waals surface area contributed by atoms with E-state index in [1.165, 1.54) is 0 Å². The lowest BCUT2D eigenvalue weighted by Crippen LogP contribution is -2.34. The average Bonchev–Trinajstić information content (AvgIpc) is 1.97. The van der Waals surface area contributed by atoms with Crippen LogP contribution in [0.1, 0.15) is 54.9 Å². The first kappa shape index (κ1) is 16.4. The fraction of sp³-hybridized carbons (Fsp3) is 0.923. The van der Waals surface area contributed by atoms with Crippen molar-refractivity contribution in [3.8, 4) is 0 Å². The van der Waals surface area contributed by atoms with Crippen LogP contribution in [0.15, 0.2) is 0 Å². The van der Waals surface area contributed by atoms with E-state index in [1.54, 1.807) is 13.8 Å². The minimum absolute atomic E-state index is 0.0376. The second-order valence-electron chi connectivity index (χ2n) is 7.03. The smallest absolute Gasteiger partial charge is 0.311 e. The summed E-state index contributed by atoms with van der Waals surface area (Å²) in [5.41, 5.74) is -1.22. The first-order chi connectivity index (χ1) is 7.36. The lowest BCUT2D eigenvalue weighted by Gasteiger charge is -2.31. The van der Waals surface area contributed by atoms with Gasteiger partial charge in [0.1, 0.15) is 0 Å². The number of carbonyl (C=O) groups is 1. The summed E-state index contributed by atoms with van der Waals surface area (Å²) in [5.74, 6) is -0.894. The first-order valence-electron chi connectivity index (χ1n) is 5.90. The van der Waals surface area contributed by atoms with Crippen LogP contribution in [0.4, 0.5) is 0 Å². The minimum Gasteiger partial charge on any atom is -0.481 e. The number of aliphatic carboxylic acids is 1. The van der Waals surface area contributed by atoms with Crippen LogP contribution in [-0.4, -0.2) is 23.3 Å². The highest BCUT2D eigenvalue weighted by Gasteiger charge is 2.31. The van der Waals surface area contributed by atoms with Crippen LogP contribution in [-0.2, 0) is 14.6 Å². The summed E-state index contributed by atoms with van der Waals surface area (Å²) in [5, 5.41) is 8.92. The number of carboxylic acid groups (broad SMARTS) is 1. The van der Waals surface area contributed by atoms with Crippen molar-refractivity contribution in [3.05, 3.63) is 0 Å². The molecule has 0 spiro atoms. The van der Waals surface area contributed by atoms with Gasteiger partial charge in [-0.05, 0) is 39.5 Å². The summed E-state index contributed by atoms with van der Waals surface area (Å²) in [7, 11) is 0. The zero-order chi connectivity index (χ0) is 13.9. The van der Waals surface area contributed by atoms with E-state index >= 15 is 0 Å². The maximum Gasteiger partial charge on any atom is 0.311 e. The van der Waals surface area contributed by atoms with Gasteiger partial charge in [-0.15, -0.1) is 0 Å². The molecule has 0 bridgehead atoms. The zero-order valence-corrected chi connectivity index (χ0v) is 12.1. The highest BCUT2D eigenvalue weighted by molar-refractivity contribution is 5.73. The van der Waals surface area contributed by atoms with Gasteiger partial charge in [-0.1, -0.05) is 20.8 Å². The van der Waals surface area contributed by atoms with Crippen molar-refractivity contribution < 1.29 is 19.7 Å². The van der Waals surface area contributed by atoms with E-state index in [4.69, 9.17) is 14.9 Å². The second-order valence-corrected chi connectivity index (χ2v) is 7.03. The maximum atomic E-state index is 10.9. The number of hydrogen-bond acceptors (Lipinski definition) is 3. The highest BCUT2D eigenvalue weighted by Crippen LogP contribution is 2.30. The Morgan fingerprint density at radius 3 is 1.88 bits per heavy atom. The molecule has 0 aliphatic carbocycles. The van der Waals surface area contributed by atoms with Crippen LogP contribution in [0.5, 0.6) is 0 Å². The van der Waals surface area contributed by atoms with E-state index in [-0.39, 0.29) is 12.0 Å². The van der Waals surface area contributed by atoms with Gasteiger partial charge >= 0.3 is 5.97 Å². The molecule has 1 N–H and O–H groups in total. The molecule has 0 saturated heterocycles. The highest BCUT2D eigenvalue weighted by atomic mass is 17.2. The van der Waals surface area contributed by atoms with E-state index in [9.17, 15) is 4.79 Å². The van der Waals surface area contributed by atoms with Gasteiger partial charge in [0, 0.05) is 0 Å². The van der Waals surface area contributed by atoms with Gasteiger partial charge in [0.15, 0.2) is 0 Å². The molecule has 0 aromatic heterocycles. The van der Waals surface area contributed by atoms with Gasteiger partial charge in [0.2, 0.25) is 0 Å². The average molecular weight is 246 g/mol. The lowest BCUT2D eigenvalue weighted by atomic mass is 9.84. The third-order valence-corrected chi connectivity index (χ3v) is 2.24. The van der Waals surface area contributed by atoms with Gasteiger partial charge in [-0.25, -0.2) is 9.78 Å². The van der Waals surface area contributed by atoms with Crippen molar-refractivity contribution in [3.63, 3.8) is 0 Å². The van der Waals surface area contributed by atoms with Gasteiger partial charge in [0.05, 0.1) is 17.6 Å². The number of carboxylic acids is 1. The Labute approximate surface area is 104 Å². The predicted octanol–water partition coefficient (Wildman–Crippen LogP) is 3.26. The van der Waals surface area contributed by atoms with E-state index in [1.807, 2.05) is 13.8 Å². The van der Waals surface area contributed by atoms with Crippen LogP contribution in [0.3, 0.4) is 0 Å². The molecule has 0 aromatic rings. The molecule has 0 radical (unpaired) electrons. The lowest BCUT2D eigenvalue weighted by molar-refractivity contribution is -0.366. The Kier molecular flexibility index (Phi) is 5.16. The van der Waals surface area contributed by atoms with E-state index in [0.29, 0.717) is 0 Å². The fourth-order valence-electron chi connectivity index (χ4n) is 1.70. The van der Waals surface area contributed by atoms with Gasteiger partial charge < -0.3 is 5.11 Å². The third-order valence-electron chi connectivity index (χ3n) is 2.24.